The van der Waals surface area contributed by atoms with Gasteiger partial charge in [0.25, 0.3) is 0 Å². The molecular formula is C13H9BrClN3O. The Morgan fingerprint density at radius 3 is 3.00 bits per heavy atom. The summed E-state index contributed by atoms with van der Waals surface area (Å²) in [5.41, 5.74) is 1.43. The van der Waals surface area contributed by atoms with Gasteiger partial charge in [-0.15, -0.1) is 5.10 Å². The van der Waals surface area contributed by atoms with Gasteiger partial charge in [0.1, 0.15) is 10.8 Å². The first-order valence-corrected chi connectivity index (χ1v) is 6.70. The third kappa shape index (κ3) is 2.19. The molecule has 0 spiro atoms. The molecule has 0 saturated carbocycles. The molecule has 0 aliphatic carbocycles. The second-order valence-electron chi connectivity index (χ2n) is 3.93. The Morgan fingerprint density at radius 1 is 1.37 bits per heavy atom. The van der Waals surface area contributed by atoms with Crippen LogP contribution in [0.5, 0.6) is 5.75 Å². The molecule has 3 rings (SSSR count). The highest BCUT2D eigenvalue weighted by molar-refractivity contribution is 9.10. The van der Waals surface area contributed by atoms with E-state index in [1.54, 1.807) is 18.0 Å². The lowest BCUT2D eigenvalue weighted by Gasteiger charge is -2.07. The lowest BCUT2D eigenvalue weighted by molar-refractivity contribution is 0.414. The average Bonchev–Trinajstić information content (AvgIpc) is 2.81. The van der Waals surface area contributed by atoms with E-state index in [9.17, 15) is 0 Å². The van der Waals surface area contributed by atoms with Crippen LogP contribution in [0.4, 0.5) is 0 Å². The molecule has 1 aromatic carbocycles. The van der Waals surface area contributed by atoms with E-state index in [0.29, 0.717) is 16.4 Å². The van der Waals surface area contributed by atoms with E-state index >= 15 is 0 Å². The van der Waals surface area contributed by atoms with Crippen molar-refractivity contribution in [2.45, 2.75) is 0 Å². The second-order valence-corrected chi connectivity index (χ2v) is 5.23. The Labute approximate surface area is 123 Å². The summed E-state index contributed by atoms with van der Waals surface area (Å²) in [4.78, 5) is 4.25. The maximum Gasteiger partial charge on any atom is 0.181 e. The minimum absolute atomic E-state index is 0.525. The average molecular weight is 339 g/mol. The molecule has 0 radical (unpaired) electrons. The summed E-state index contributed by atoms with van der Waals surface area (Å²) >= 11 is 9.68. The van der Waals surface area contributed by atoms with Gasteiger partial charge in [0.2, 0.25) is 0 Å². The van der Waals surface area contributed by atoms with Gasteiger partial charge >= 0.3 is 0 Å². The van der Waals surface area contributed by atoms with Gasteiger partial charge in [-0.2, -0.15) is 0 Å². The van der Waals surface area contributed by atoms with E-state index in [1.165, 1.54) is 0 Å². The zero-order valence-electron chi connectivity index (χ0n) is 9.97. The molecule has 0 bridgehead atoms. The lowest BCUT2D eigenvalue weighted by Crippen LogP contribution is -1.97. The minimum Gasteiger partial charge on any atom is -0.495 e. The summed E-state index contributed by atoms with van der Waals surface area (Å²) in [6, 6.07) is 7.52. The molecule has 0 amide bonds. The van der Waals surface area contributed by atoms with Gasteiger partial charge in [-0.05, 0) is 34.1 Å². The molecule has 96 valence electrons. The number of ether oxygens (including phenoxy) is 1. The van der Waals surface area contributed by atoms with Crippen LogP contribution < -0.4 is 4.74 Å². The lowest BCUT2D eigenvalue weighted by atomic mass is 10.3. The quantitative estimate of drug-likeness (QED) is 0.712. The van der Waals surface area contributed by atoms with Crippen LogP contribution >= 0.6 is 27.5 Å². The van der Waals surface area contributed by atoms with E-state index in [4.69, 9.17) is 16.3 Å². The molecule has 0 fully saturated rings. The summed E-state index contributed by atoms with van der Waals surface area (Å²) in [7, 11) is 1.59. The molecular weight excluding hydrogens is 330 g/mol. The second kappa shape index (κ2) is 4.83. The molecule has 0 aliphatic rings. The Balaban J connectivity index is 2.19. The molecule has 0 N–H and O–H groups in total. The number of aromatic nitrogens is 3. The minimum atomic E-state index is 0.525. The highest BCUT2D eigenvalue weighted by atomic mass is 79.9. The molecule has 3 aromatic rings. The maximum atomic E-state index is 6.29. The molecule has 0 atom stereocenters. The van der Waals surface area contributed by atoms with Crippen molar-refractivity contribution in [2.24, 2.45) is 0 Å². The number of benzene rings is 1. The fourth-order valence-corrected chi connectivity index (χ4v) is 2.48. The van der Waals surface area contributed by atoms with Crippen molar-refractivity contribution >= 4 is 38.6 Å². The van der Waals surface area contributed by atoms with Crippen molar-refractivity contribution in [3.8, 4) is 11.4 Å². The van der Waals surface area contributed by atoms with Crippen molar-refractivity contribution < 1.29 is 4.74 Å². The van der Waals surface area contributed by atoms with Gasteiger partial charge in [-0.1, -0.05) is 17.7 Å². The summed E-state index contributed by atoms with van der Waals surface area (Å²) in [5, 5.41) is 5.87. The first kappa shape index (κ1) is 12.4. The van der Waals surface area contributed by atoms with Gasteiger partial charge < -0.3 is 4.74 Å². The fourth-order valence-electron chi connectivity index (χ4n) is 1.85. The molecule has 2 heterocycles. The fraction of sp³-hybridized carbons (Fsp3) is 0.0769. The SMILES string of the molecule is COc1cccc(-n2cc3cc(Br)cnc3n2)c1Cl. The molecule has 6 heteroatoms. The topological polar surface area (TPSA) is 39.9 Å². The summed E-state index contributed by atoms with van der Waals surface area (Å²) in [5.74, 6) is 0.618. The third-order valence-corrected chi connectivity index (χ3v) is 3.55. The smallest absolute Gasteiger partial charge is 0.181 e. The Bertz CT molecular complexity index is 757. The van der Waals surface area contributed by atoms with Crippen LogP contribution in [-0.4, -0.2) is 21.9 Å². The van der Waals surface area contributed by atoms with Crippen LogP contribution in [0, 0.1) is 0 Å². The Hall–Kier alpha value is -1.59. The van der Waals surface area contributed by atoms with Crippen LogP contribution in [0.1, 0.15) is 0 Å². The molecule has 2 aromatic heterocycles. The van der Waals surface area contributed by atoms with Gasteiger partial charge in [-0.25, -0.2) is 9.67 Å². The van der Waals surface area contributed by atoms with E-state index in [2.05, 4.69) is 26.0 Å². The van der Waals surface area contributed by atoms with Crippen LogP contribution in [0.25, 0.3) is 16.7 Å². The Morgan fingerprint density at radius 2 is 2.21 bits per heavy atom. The van der Waals surface area contributed by atoms with Crippen LogP contribution in [0.15, 0.2) is 41.1 Å². The number of hydrogen-bond donors (Lipinski definition) is 0. The predicted octanol–water partition coefficient (Wildman–Crippen LogP) is 3.85. The van der Waals surface area contributed by atoms with Crippen LogP contribution in [-0.2, 0) is 0 Å². The number of methoxy groups -OCH3 is 1. The molecule has 0 unspecified atom stereocenters. The monoisotopic (exact) mass is 337 g/mol. The predicted molar refractivity (Wildman–Crippen MR) is 78.1 cm³/mol. The maximum absolute atomic E-state index is 6.29. The first-order valence-electron chi connectivity index (χ1n) is 5.53. The van der Waals surface area contributed by atoms with Crippen molar-refractivity contribution in [1.82, 2.24) is 14.8 Å². The summed E-state index contributed by atoms with van der Waals surface area (Å²) in [6.07, 6.45) is 3.60. The van der Waals surface area contributed by atoms with Gasteiger partial charge in [-0.3, -0.25) is 0 Å². The number of nitrogens with zero attached hydrogens (tertiary/aromatic N) is 3. The number of rotatable bonds is 2. The largest absolute Gasteiger partial charge is 0.495 e. The van der Waals surface area contributed by atoms with Crippen molar-refractivity contribution in [3.63, 3.8) is 0 Å². The normalized spacial score (nSPS) is 10.9. The zero-order valence-corrected chi connectivity index (χ0v) is 12.3. The number of pyridine rings is 1. The third-order valence-electron chi connectivity index (χ3n) is 2.74. The van der Waals surface area contributed by atoms with Crippen molar-refractivity contribution in [3.05, 3.63) is 46.2 Å². The number of halogens is 2. The number of hydrogen-bond acceptors (Lipinski definition) is 3. The zero-order chi connectivity index (χ0) is 13.4. The van der Waals surface area contributed by atoms with Crippen LogP contribution in [0.3, 0.4) is 0 Å². The first-order chi connectivity index (χ1) is 9.19. The number of fused-ring (bicyclic) bond motifs is 1. The van der Waals surface area contributed by atoms with Crippen molar-refractivity contribution in [1.29, 1.82) is 0 Å². The molecule has 4 nitrogen and oxygen atoms in total. The van der Waals surface area contributed by atoms with E-state index in [-0.39, 0.29) is 0 Å². The van der Waals surface area contributed by atoms with Crippen LogP contribution in [0.2, 0.25) is 5.02 Å². The van der Waals surface area contributed by atoms with E-state index in [0.717, 1.165) is 15.5 Å². The highest BCUT2D eigenvalue weighted by Crippen LogP contribution is 2.30. The molecule has 0 aliphatic heterocycles. The summed E-state index contributed by atoms with van der Waals surface area (Å²) < 4.78 is 7.82. The van der Waals surface area contributed by atoms with E-state index < -0.39 is 0 Å². The molecule has 0 saturated heterocycles. The standard InChI is InChI=1S/C13H9BrClN3O/c1-19-11-4-2-3-10(12(11)15)18-7-8-5-9(14)6-16-13(8)17-18/h2-7H,1H3. The Kier molecular flexibility index (Phi) is 3.16. The van der Waals surface area contributed by atoms with Crippen molar-refractivity contribution in [2.75, 3.05) is 7.11 Å². The van der Waals surface area contributed by atoms with Gasteiger partial charge in [0, 0.05) is 22.3 Å². The highest BCUT2D eigenvalue weighted by Gasteiger charge is 2.10. The summed E-state index contributed by atoms with van der Waals surface area (Å²) in [6.45, 7) is 0. The van der Waals surface area contributed by atoms with Gasteiger partial charge in [0.05, 0.1) is 12.8 Å². The van der Waals surface area contributed by atoms with E-state index in [1.807, 2.05) is 30.5 Å². The molecule has 19 heavy (non-hydrogen) atoms. The van der Waals surface area contributed by atoms with Gasteiger partial charge in [0.15, 0.2) is 5.65 Å².